The SMILES string of the molecule is CC.CCO.C\C=C(F)/C=C(\C=C\F)C(O)(/N=C(N)/C(Br)=C/c1ccc(-n2cnc(C)c2)c(OC)c1)C(=O)N=O. The van der Waals surface area contributed by atoms with Crippen LogP contribution in [0.3, 0.4) is 0 Å². The van der Waals surface area contributed by atoms with Gasteiger partial charge in [0.05, 0.1) is 35.6 Å². The Labute approximate surface area is 240 Å². The Hall–Kier alpha value is -3.81. The van der Waals surface area contributed by atoms with E-state index in [-0.39, 0.29) is 17.4 Å². The summed E-state index contributed by atoms with van der Waals surface area (Å²) in [5.41, 5.74) is 4.25. The molecule has 0 saturated carbocycles. The first-order chi connectivity index (χ1) is 19.0. The third-order valence-electron chi connectivity index (χ3n) is 4.61. The lowest BCUT2D eigenvalue weighted by Gasteiger charge is -2.21. The van der Waals surface area contributed by atoms with Gasteiger partial charge in [-0.3, -0.25) is 4.79 Å². The number of carbonyl (C=O) groups excluding carboxylic acids is 1. The van der Waals surface area contributed by atoms with Gasteiger partial charge in [-0.25, -0.2) is 18.8 Å². The number of benzene rings is 1. The Morgan fingerprint density at radius 3 is 2.45 bits per heavy atom. The van der Waals surface area contributed by atoms with Crippen molar-refractivity contribution in [2.75, 3.05) is 13.7 Å². The van der Waals surface area contributed by atoms with E-state index in [0.717, 1.165) is 17.5 Å². The monoisotopic (exact) mass is 625 g/mol. The third kappa shape index (κ3) is 10.4. The Morgan fingerprint density at radius 2 is 1.98 bits per heavy atom. The molecule has 1 amide bonds. The summed E-state index contributed by atoms with van der Waals surface area (Å²) in [7, 11) is 1.50. The van der Waals surface area contributed by atoms with Crippen molar-refractivity contribution >= 4 is 33.7 Å². The number of aliphatic imine (C=N–C) groups is 1. The Kier molecular flexibility index (Phi) is 16.7. The number of aryl methyl sites for hydroxylation is 1. The largest absolute Gasteiger partial charge is 0.495 e. The summed E-state index contributed by atoms with van der Waals surface area (Å²) in [6.45, 7) is 9.11. The Bertz CT molecular complexity index is 1290. The number of aromatic nitrogens is 2. The Morgan fingerprint density at radius 1 is 1.35 bits per heavy atom. The summed E-state index contributed by atoms with van der Waals surface area (Å²) in [6, 6.07) is 5.18. The number of amides is 1. The minimum Gasteiger partial charge on any atom is -0.495 e. The third-order valence-corrected chi connectivity index (χ3v) is 5.24. The number of halogens is 3. The number of methoxy groups -OCH3 is 1. The molecule has 0 aliphatic rings. The van der Waals surface area contributed by atoms with Crippen molar-refractivity contribution in [1.82, 2.24) is 9.55 Å². The lowest BCUT2D eigenvalue weighted by molar-refractivity contribution is -0.131. The quantitative estimate of drug-likeness (QED) is 0.142. The fourth-order valence-electron chi connectivity index (χ4n) is 2.86. The maximum absolute atomic E-state index is 13.8. The zero-order chi connectivity index (χ0) is 30.9. The summed E-state index contributed by atoms with van der Waals surface area (Å²) in [6.07, 6.45) is 7.04. The lowest BCUT2D eigenvalue weighted by atomic mass is 10.0. The molecule has 1 unspecified atom stereocenters. The van der Waals surface area contributed by atoms with Crippen LogP contribution < -0.4 is 10.5 Å². The molecule has 0 saturated heterocycles. The van der Waals surface area contributed by atoms with Crippen molar-refractivity contribution in [3.63, 3.8) is 0 Å². The highest BCUT2D eigenvalue weighted by atomic mass is 79.9. The molecule has 0 aliphatic heterocycles. The highest BCUT2D eigenvalue weighted by Gasteiger charge is 2.41. The highest BCUT2D eigenvalue weighted by molar-refractivity contribution is 9.12. The van der Waals surface area contributed by atoms with Gasteiger partial charge in [-0.05, 0) is 72.6 Å². The molecule has 0 bridgehead atoms. The lowest BCUT2D eigenvalue weighted by Crippen LogP contribution is -2.39. The molecule has 1 heterocycles. The molecule has 40 heavy (non-hydrogen) atoms. The molecule has 4 N–H and O–H groups in total. The molecule has 2 rings (SSSR count). The average Bonchev–Trinajstić information content (AvgIpc) is 3.39. The fraction of sp³-hybridized carbons (Fsp3) is 0.296. The number of aliphatic hydroxyl groups is 2. The molecule has 10 nitrogen and oxygen atoms in total. The minimum absolute atomic E-state index is 0.0655. The highest BCUT2D eigenvalue weighted by Crippen LogP contribution is 2.28. The number of carbonyl (C=O) groups is 1. The number of rotatable bonds is 9. The van der Waals surface area contributed by atoms with Gasteiger partial charge in [0.25, 0.3) is 5.72 Å². The van der Waals surface area contributed by atoms with Crippen LogP contribution in [-0.4, -0.2) is 50.9 Å². The molecule has 13 heteroatoms. The van der Waals surface area contributed by atoms with E-state index in [0.29, 0.717) is 23.5 Å². The van der Waals surface area contributed by atoms with Gasteiger partial charge in [-0.2, -0.15) is 0 Å². The van der Waals surface area contributed by atoms with Crippen LogP contribution in [0.25, 0.3) is 11.8 Å². The average molecular weight is 626 g/mol. The number of hydrogen-bond donors (Lipinski definition) is 3. The number of allylic oxidation sites excluding steroid dienone is 3. The van der Waals surface area contributed by atoms with Crippen LogP contribution in [0, 0.1) is 11.8 Å². The van der Waals surface area contributed by atoms with Crippen molar-refractivity contribution in [3.05, 3.63) is 87.3 Å². The van der Waals surface area contributed by atoms with Crippen LogP contribution in [0.2, 0.25) is 0 Å². The smallest absolute Gasteiger partial charge is 0.345 e. The van der Waals surface area contributed by atoms with Crippen LogP contribution in [-0.2, 0) is 4.79 Å². The molecular formula is C27H34BrF2N5O5. The topological polar surface area (TPSA) is 152 Å². The molecule has 1 atom stereocenters. The summed E-state index contributed by atoms with van der Waals surface area (Å²) in [5, 5.41) is 20.5. The second-order valence-electron chi connectivity index (χ2n) is 7.29. The maximum atomic E-state index is 13.8. The van der Waals surface area contributed by atoms with Gasteiger partial charge >= 0.3 is 5.91 Å². The first kappa shape index (κ1) is 36.2. The molecular weight excluding hydrogens is 592 g/mol. The first-order valence-electron chi connectivity index (χ1n) is 11.9. The summed E-state index contributed by atoms with van der Waals surface area (Å²) in [5.74, 6) is -2.62. The van der Waals surface area contributed by atoms with Crippen molar-refractivity contribution in [2.24, 2.45) is 15.9 Å². The molecule has 0 fully saturated rings. The number of nitrogens with zero attached hydrogens (tertiary/aromatic N) is 4. The summed E-state index contributed by atoms with van der Waals surface area (Å²) >= 11 is 3.19. The zero-order valence-corrected chi connectivity index (χ0v) is 24.7. The molecule has 0 radical (unpaired) electrons. The van der Waals surface area contributed by atoms with E-state index in [4.69, 9.17) is 15.6 Å². The van der Waals surface area contributed by atoms with Crippen molar-refractivity contribution in [2.45, 2.75) is 40.3 Å². The van der Waals surface area contributed by atoms with E-state index in [1.807, 2.05) is 27.0 Å². The molecule has 0 aliphatic carbocycles. The number of nitrogens with two attached hydrogens (primary N) is 1. The van der Waals surface area contributed by atoms with Crippen molar-refractivity contribution in [1.29, 1.82) is 0 Å². The van der Waals surface area contributed by atoms with Crippen molar-refractivity contribution in [3.8, 4) is 11.4 Å². The molecule has 0 spiro atoms. The van der Waals surface area contributed by atoms with Crippen LogP contribution in [0.5, 0.6) is 5.75 Å². The summed E-state index contributed by atoms with van der Waals surface area (Å²) in [4.78, 5) is 30.9. The normalized spacial score (nSPS) is 14.0. The van der Waals surface area contributed by atoms with E-state index in [1.165, 1.54) is 20.1 Å². The van der Waals surface area contributed by atoms with Gasteiger partial charge in [0, 0.05) is 23.6 Å². The zero-order valence-electron chi connectivity index (χ0n) is 23.1. The van der Waals surface area contributed by atoms with E-state index in [9.17, 15) is 23.6 Å². The van der Waals surface area contributed by atoms with Gasteiger partial charge < -0.3 is 25.3 Å². The predicted octanol–water partition coefficient (Wildman–Crippen LogP) is 5.57. The molecule has 218 valence electrons. The minimum atomic E-state index is -3.08. The molecule has 2 aromatic rings. The second kappa shape index (κ2) is 18.5. The summed E-state index contributed by atoms with van der Waals surface area (Å²) < 4.78 is 34.0. The number of ether oxygens (including phenoxy) is 1. The van der Waals surface area contributed by atoms with Gasteiger partial charge in [0.1, 0.15) is 17.4 Å². The van der Waals surface area contributed by atoms with Crippen molar-refractivity contribution < 1.29 is 28.5 Å². The molecule has 1 aromatic heterocycles. The number of imidazole rings is 1. The number of amidine groups is 1. The van der Waals surface area contributed by atoms with E-state index in [2.05, 4.69) is 31.1 Å². The van der Waals surface area contributed by atoms with Crippen LogP contribution in [0.4, 0.5) is 8.78 Å². The van der Waals surface area contributed by atoms with Gasteiger partial charge in [0.15, 0.2) is 0 Å². The van der Waals surface area contributed by atoms with E-state index >= 15 is 0 Å². The van der Waals surface area contributed by atoms with E-state index < -0.39 is 28.9 Å². The first-order valence-corrected chi connectivity index (χ1v) is 12.7. The number of hydrogen-bond acceptors (Lipinski definition) is 7. The predicted molar refractivity (Wildman–Crippen MR) is 156 cm³/mol. The van der Waals surface area contributed by atoms with Gasteiger partial charge in [0.2, 0.25) is 0 Å². The number of nitroso groups, excluding NO2 is 1. The van der Waals surface area contributed by atoms with Gasteiger partial charge in [-0.15, -0.1) is 4.91 Å². The maximum Gasteiger partial charge on any atom is 0.345 e. The Balaban J connectivity index is 0.00000284. The van der Waals surface area contributed by atoms with Crippen LogP contribution in [0.1, 0.15) is 39.0 Å². The van der Waals surface area contributed by atoms with Crippen LogP contribution >= 0.6 is 15.9 Å². The van der Waals surface area contributed by atoms with E-state index in [1.54, 1.807) is 36.0 Å². The fourth-order valence-corrected chi connectivity index (χ4v) is 3.22. The second-order valence-corrected chi connectivity index (χ2v) is 8.15. The molecule has 1 aromatic carbocycles. The standard InChI is InChI=1S/C23H22BrF2N5O4.C2H6O.C2H6/c1-4-17(26)11-16(7-8-25)23(33,22(32)30-34)29-21(27)18(24)9-15-5-6-19(20(10-15)35-3)31-12-14(2)28-13-31;1-2-3;1-2/h4-13,33H,1-3H3,(H2,27,29);3H,2H2,1H3;1-2H3/b8-7+,16-11+,17-4+,18-9-;;. The van der Waals surface area contributed by atoms with Crippen LogP contribution in [0.15, 0.2) is 81.3 Å². The van der Waals surface area contributed by atoms with Gasteiger partial charge in [-0.1, -0.05) is 26.0 Å². The number of aliphatic hydroxyl groups excluding tert-OH is 1.